The van der Waals surface area contributed by atoms with Crippen LogP contribution in [0.25, 0.3) is 0 Å². The van der Waals surface area contributed by atoms with Gasteiger partial charge in [-0.25, -0.2) is 0 Å². The first kappa shape index (κ1) is 30.8. The van der Waals surface area contributed by atoms with Gasteiger partial charge in [0, 0.05) is 32.1 Å². The van der Waals surface area contributed by atoms with Crippen LogP contribution < -0.4 is 25.4 Å². The zero-order valence-electron chi connectivity index (χ0n) is 25.0. The fourth-order valence-corrected chi connectivity index (χ4v) is 5.45. The highest BCUT2D eigenvalue weighted by Crippen LogP contribution is 2.33. The lowest BCUT2D eigenvalue weighted by Crippen LogP contribution is -2.59. The molecule has 44 heavy (non-hydrogen) atoms. The maximum atomic E-state index is 13.9. The van der Waals surface area contributed by atoms with Crippen molar-refractivity contribution in [3.05, 3.63) is 59.2 Å². The Kier molecular flexibility index (Phi) is 9.33. The number of hydrogen-bond donors (Lipinski definition) is 3. The van der Waals surface area contributed by atoms with Crippen molar-refractivity contribution in [3.8, 4) is 11.5 Å². The van der Waals surface area contributed by atoms with E-state index in [9.17, 15) is 24.0 Å². The first-order valence-corrected chi connectivity index (χ1v) is 14.6. The first-order chi connectivity index (χ1) is 21.1. The molecule has 2 aromatic carbocycles. The van der Waals surface area contributed by atoms with Crippen molar-refractivity contribution in [2.45, 2.75) is 44.6 Å². The van der Waals surface area contributed by atoms with Crippen molar-refractivity contribution in [2.75, 3.05) is 46.4 Å². The summed E-state index contributed by atoms with van der Waals surface area (Å²) in [5, 5.41) is 8.15. The number of amides is 5. The highest BCUT2D eigenvalue weighted by Gasteiger charge is 2.38. The minimum absolute atomic E-state index is 0.0149. The highest BCUT2D eigenvalue weighted by molar-refractivity contribution is 5.97. The Morgan fingerprint density at radius 3 is 2.39 bits per heavy atom. The quantitative estimate of drug-likeness (QED) is 0.433. The summed E-state index contributed by atoms with van der Waals surface area (Å²) in [6, 6.07) is 10.7. The molecule has 3 aliphatic rings. The number of benzene rings is 2. The molecule has 4 atom stereocenters. The Morgan fingerprint density at radius 1 is 0.955 bits per heavy atom. The molecule has 234 valence electrons. The number of carbonyl (C=O) groups excluding carboxylic acids is 5. The SMILES string of the molecule is Cc1cc2c(cc1C(=O)N1C[C@@H]3CNC(=O)[C@@H](C)NC(=O)CN(C)C(=O)[C@@H](Cc4ccccc4)NC(=O)[C@@H](C1)O3)OCCO2. The number of aryl methyl sites for hydroxylation is 1. The molecule has 0 saturated carbocycles. The Bertz CT molecular complexity index is 1430. The van der Waals surface area contributed by atoms with Gasteiger partial charge in [-0.15, -0.1) is 0 Å². The number of morpholine rings is 1. The van der Waals surface area contributed by atoms with Gasteiger partial charge in [-0.1, -0.05) is 30.3 Å². The summed E-state index contributed by atoms with van der Waals surface area (Å²) in [6.07, 6.45) is -1.71. The molecular formula is C31H37N5O8. The van der Waals surface area contributed by atoms with E-state index in [1.807, 2.05) is 30.3 Å². The van der Waals surface area contributed by atoms with E-state index in [2.05, 4.69) is 16.0 Å². The maximum absolute atomic E-state index is 13.9. The summed E-state index contributed by atoms with van der Waals surface area (Å²) >= 11 is 0. The predicted molar refractivity (Wildman–Crippen MR) is 157 cm³/mol. The number of rotatable bonds is 3. The Labute approximate surface area is 255 Å². The van der Waals surface area contributed by atoms with Gasteiger partial charge in [0.25, 0.3) is 11.8 Å². The standard InChI is InChI=1S/C31H37N5O8/c1-18-11-24-25(43-10-9-42-24)13-22(18)30(40)36-15-21-14-32-28(38)19(2)33-27(37)17-35(3)31(41)23(12-20-7-5-4-6-8-20)34-29(39)26(16-36)44-21/h4-8,11,13,19,21,23,26H,9-10,12,14-17H2,1-3H3,(H,32,38)(H,33,37)(H,34,39)/t19-,21+,23-,26-/m1/s1. The molecule has 0 spiro atoms. The van der Waals surface area contributed by atoms with Crippen LogP contribution in [0, 0.1) is 6.92 Å². The van der Waals surface area contributed by atoms with Gasteiger partial charge in [-0.2, -0.15) is 0 Å². The fourth-order valence-electron chi connectivity index (χ4n) is 5.45. The van der Waals surface area contributed by atoms with E-state index in [4.69, 9.17) is 14.2 Å². The summed E-state index contributed by atoms with van der Waals surface area (Å²) in [4.78, 5) is 69.3. The second-order valence-electron chi connectivity index (χ2n) is 11.2. The lowest BCUT2D eigenvalue weighted by molar-refractivity contribution is -0.148. The number of nitrogens with one attached hydrogen (secondary N) is 3. The minimum atomic E-state index is -1.13. The van der Waals surface area contributed by atoms with Crippen molar-refractivity contribution in [1.29, 1.82) is 0 Å². The Hall–Kier alpha value is -4.65. The van der Waals surface area contributed by atoms with Crippen LogP contribution in [-0.4, -0.2) is 110 Å². The molecule has 0 unspecified atom stereocenters. The monoisotopic (exact) mass is 607 g/mol. The second kappa shape index (κ2) is 13.3. The van der Waals surface area contributed by atoms with Crippen molar-refractivity contribution in [2.24, 2.45) is 0 Å². The van der Waals surface area contributed by atoms with Gasteiger partial charge in [-0.3, -0.25) is 24.0 Å². The number of likely N-dealkylation sites (N-methyl/N-ethyl adjacent to an activating group) is 1. The highest BCUT2D eigenvalue weighted by atomic mass is 16.6. The van der Waals surface area contributed by atoms with Gasteiger partial charge >= 0.3 is 0 Å². The number of fused-ring (bicyclic) bond motifs is 3. The van der Waals surface area contributed by atoms with Crippen LogP contribution in [0.3, 0.4) is 0 Å². The van der Waals surface area contributed by atoms with Gasteiger partial charge in [0.15, 0.2) is 17.6 Å². The summed E-state index contributed by atoms with van der Waals surface area (Å²) in [5.41, 5.74) is 1.87. The topological polar surface area (TPSA) is 156 Å². The van der Waals surface area contributed by atoms with E-state index in [1.54, 1.807) is 19.1 Å². The molecule has 13 heteroatoms. The minimum Gasteiger partial charge on any atom is -0.486 e. The average molecular weight is 608 g/mol. The molecule has 13 nitrogen and oxygen atoms in total. The fraction of sp³-hybridized carbons (Fsp3) is 0.452. The summed E-state index contributed by atoms with van der Waals surface area (Å²) in [6.45, 7) is 3.79. The molecule has 5 amide bonds. The van der Waals surface area contributed by atoms with E-state index in [0.29, 0.717) is 35.8 Å². The number of hydrogen-bond acceptors (Lipinski definition) is 8. The van der Waals surface area contributed by atoms with Crippen LogP contribution in [0.2, 0.25) is 0 Å². The third kappa shape index (κ3) is 7.10. The zero-order valence-corrected chi connectivity index (χ0v) is 25.0. The third-order valence-electron chi connectivity index (χ3n) is 7.80. The molecule has 2 aromatic rings. The first-order valence-electron chi connectivity index (χ1n) is 14.6. The summed E-state index contributed by atoms with van der Waals surface area (Å²) in [5.74, 6) is -1.39. The zero-order chi connectivity index (χ0) is 31.4. The number of nitrogens with zero attached hydrogens (tertiary/aromatic N) is 2. The molecule has 2 bridgehead atoms. The lowest BCUT2D eigenvalue weighted by Gasteiger charge is -2.38. The predicted octanol–water partition coefficient (Wildman–Crippen LogP) is -0.204. The van der Waals surface area contributed by atoms with Gasteiger partial charge in [-0.05, 0) is 37.1 Å². The van der Waals surface area contributed by atoms with Gasteiger partial charge in [0.1, 0.15) is 25.3 Å². The van der Waals surface area contributed by atoms with Gasteiger partial charge < -0.3 is 40.0 Å². The van der Waals surface area contributed by atoms with Crippen molar-refractivity contribution >= 4 is 29.5 Å². The van der Waals surface area contributed by atoms with Crippen LogP contribution >= 0.6 is 0 Å². The second-order valence-corrected chi connectivity index (χ2v) is 11.2. The molecule has 0 aliphatic carbocycles. The smallest absolute Gasteiger partial charge is 0.254 e. The molecule has 0 radical (unpaired) electrons. The molecule has 0 aromatic heterocycles. The number of carbonyl (C=O) groups is 5. The molecule has 2 fully saturated rings. The van der Waals surface area contributed by atoms with E-state index in [0.717, 1.165) is 5.56 Å². The van der Waals surface area contributed by atoms with E-state index in [1.165, 1.54) is 23.8 Å². The third-order valence-corrected chi connectivity index (χ3v) is 7.80. The molecule has 3 N–H and O–H groups in total. The summed E-state index contributed by atoms with van der Waals surface area (Å²) < 4.78 is 17.4. The average Bonchev–Trinajstić information content (AvgIpc) is 3.02. The van der Waals surface area contributed by atoms with Crippen LogP contribution in [0.15, 0.2) is 42.5 Å². The van der Waals surface area contributed by atoms with Gasteiger partial charge in [0.05, 0.1) is 19.2 Å². The Balaban J connectivity index is 1.44. The molecule has 3 aliphatic heterocycles. The number of ether oxygens (including phenoxy) is 3. The van der Waals surface area contributed by atoms with Crippen LogP contribution in [0.4, 0.5) is 0 Å². The molecule has 2 saturated heterocycles. The summed E-state index contributed by atoms with van der Waals surface area (Å²) in [7, 11) is 1.46. The van der Waals surface area contributed by atoms with Crippen molar-refractivity contribution in [3.63, 3.8) is 0 Å². The van der Waals surface area contributed by atoms with Crippen molar-refractivity contribution in [1.82, 2.24) is 25.8 Å². The van der Waals surface area contributed by atoms with Gasteiger partial charge in [0.2, 0.25) is 17.7 Å². The van der Waals surface area contributed by atoms with Crippen molar-refractivity contribution < 1.29 is 38.2 Å². The molecule has 3 heterocycles. The van der Waals surface area contributed by atoms with E-state index >= 15 is 0 Å². The normalized spacial score (nSPS) is 24.8. The lowest BCUT2D eigenvalue weighted by atomic mass is 10.0. The largest absolute Gasteiger partial charge is 0.486 e. The molecule has 5 rings (SSSR count). The van der Waals surface area contributed by atoms with Crippen LogP contribution in [0.5, 0.6) is 11.5 Å². The van der Waals surface area contributed by atoms with Crippen LogP contribution in [0.1, 0.15) is 28.4 Å². The van der Waals surface area contributed by atoms with E-state index in [-0.39, 0.29) is 38.5 Å². The molecular weight excluding hydrogens is 570 g/mol. The van der Waals surface area contributed by atoms with Crippen LogP contribution in [-0.2, 0) is 30.3 Å². The maximum Gasteiger partial charge on any atom is 0.254 e. The van der Waals surface area contributed by atoms with E-state index < -0.39 is 47.9 Å². The Morgan fingerprint density at radius 2 is 1.66 bits per heavy atom.